The molecule has 0 radical (unpaired) electrons. The zero-order valence-electron chi connectivity index (χ0n) is 42.9. The maximum atomic E-state index is 12.5. The monoisotopic (exact) mass is 876 g/mol. The number of carbonyl (C=O) groups is 1. The molecular weight excluding hydrogens is 759 g/mol. The van der Waals surface area contributed by atoms with Crippen molar-refractivity contribution in [3.8, 4) is 0 Å². The zero-order chi connectivity index (χ0) is 44.9. The number of unbranched alkanes of at least 4 members (excludes halogenated alkanes) is 48. The quantitative estimate of drug-likeness (QED) is 0.0533. The largest absolute Gasteiger partial charge is 0.394 e. The standard InChI is InChI=1S/C58H117NO3/c1-3-5-7-9-11-13-15-17-19-21-22-23-24-25-26-27-28-29-30-31-32-33-34-35-36-37-38-40-42-44-46-48-50-52-54-58(62)59-56(55-60)57(61)53-51-49-47-45-43-41-39-20-18-16-14-12-10-8-6-4-2/h56-57,60-61H,3-55H2,1-2H3,(H,59,62). The molecule has 0 heterocycles. The highest BCUT2D eigenvalue weighted by Crippen LogP contribution is 2.19. The van der Waals surface area contributed by atoms with Crippen LogP contribution in [0.3, 0.4) is 0 Å². The van der Waals surface area contributed by atoms with Gasteiger partial charge in [0.2, 0.25) is 5.91 Å². The predicted molar refractivity (Wildman–Crippen MR) is 276 cm³/mol. The van der Waals surface area contributed by atoms with Gasteiger partial charge in [-0.3, -0.25) is 4.79 Å². The van der Waals surface area contributed by atoms with Crippen LogP contribution >= 0.6 is 0 Å². The van der Waals surface area contributed by atoms with Crippen LogP contribution in [-0.4, -0.2) is 34.9 Å². The van der Waals surface area contributed by atoms with Gasteiger partial charge >= 0.3 is 0 Å². The number of hydrogen-bond acceptors (Lipinski definition) is 3. The average molecular weight is 877 g/mol. The minimum absolute atomic E-state index is 0.0223. The lowest BCUT2D eigenvalue weighted by atomic mass is 10.0. The number of aliphatic hydroxyl groups is 2. The Bertz CT molecular complexity index is 819. The number of nitrogens with one attached hydrogen (secondary N) is 1. The highest BCUT2D eigenvalue weighted by Gasteiger charge is 2.20. The van der Waals surface area contributed by atoms with Gasteiger partial charge in [-0.05, 0) is 12.8 Å². The lowest BCUT2D eigenvalue weighted by molar-refractivity contribution is -0.123. The normalized spacial score (nSPS) is 12.6. The second kappa shape index (κ2) is 54.7. The van der Waals surface area contributed by atoms with E-state index in [-0.39, 0.29) is 12.5 Å². The van der Waals surface area contributed by atoms with Gasteiger partial charge in [-0.2, -0.15) is 0 Å². The molecule has 2 unspecified atom stereocenters. The Morgan fingerprint density at radius 3 is 0.726 bits per heavy atom. The van der Waals surface area contributed by atoms with Gasteiger partial charge in [-0.1, -0.05) is 328 Å². The summed E-state index contributed by atoms with van der Waals surface area (Å²) >= 11 is 0. The van der Waals surface area contributed by atoms with Gasteiger partial charge in [-0.25, -0.2) is 0 Å². The van der Waals surface area contributed by atoms with E-state index >= 15 is 0 Å². The SMILES string of the molecule is CCCCCCCCCCCCCCCCCCCCCCCCCCCCCCCCCCCCC(=O)NC(CO)C(O)CCCCCCCCCCCCCCCCCC. The first kappa shape index (κ1) is 61.4. The lowest BCUT2D eigenvalue weighted by Crippen LogP contribution is -2.45. The highest BCUT2D eigenvalue weighted by molar-refractivity contribution is 5.76. The molecule has 62 heavy (non-hydrogen) atoms. The van der Waals surface area contributed by atoms with E-state index in [1.807, 2.05) is 0 Å². The van der Waals surface area contributed by atoms with E-state index in [9.17, 15) is 15.0 Å². The summed E-state index contributed by atoms with van der Waals surface area (Å²) in [7, 11) is 0. The molecule has 4 nitrogen and oxygen atoms in total. The van der Waals surface area contributed by atoms with E-state index < -0.39 is 12.1 Å². The van der Waals surface area contributed by atoms with Gasteiger partial charge in [0, 0.05) is 6.42 Å². The van der Waals surface area contributed by atoms with Crippen LogP contribution in [0.1, 0.15) is 348 Å². The van der Waals surface area contributed by atoms with Gasteiger partial charge in [-0.15, -0.1) is 0 Å². The van der Waals surface area contributed by atoms with Crippen molar-refractivity contribution in [3.05, 3.63) is 0 Å². The number of hydrogen-bond donors (Lipinski definition) is 3. The van der Waals surface area contributed by atoms with E-state index in [1.54, 1.807) is 0 Å². The van der Waals surface area contributed by atoms with Crippen LogP contribution in [0.2, 0.25) is 0 Å². The molecule has 2 atom stereocenters. The predicted octanol–water partition coefficient (Wildman–Crippen LogP) is 19.1. The molecule has 0 aromatic carbocycles. The Morgan fingerprint density at radius 1 is 0.323 bits per heavy atom. The zero-order valence-corrected chi connectivity index (χ0v) is 42.9. The topological polar surface area (TPSA) is 69.6 Å². The van der Waals surface area contributed by atoms with Crippen LogP contribution in [0.4, 0.5) is 0 Å². The molecular formula is C58H117NO3. The first-order valence-electron chi connectivity index (χ1n) is 29.2. The summed E-state index contributed by atoms with van der Waals surface area (Å²) in [5, 5.41) is 23.3. The minimum Gasteiger partial charge on any atom is -0.394 e. The van der Waals surface area contributed by atoms with E-state index in [0.717, 1.165) is 25.7 Å². The number of aliphatic hydroxyl groups excluding tert-OH is 2. The Labute approximate surface area is 391 Å². The van der Waals surface area contributed by atoms with Gasteiger partial charge in [0.05, 0.1) is 18.8 Å². The molecule has 3 N–H and O–H groups in total. The summed E-state index contributed by atoms with van der Waals surface area (Å²) in [5.74, 6) is -0.0223. The Kier molecular flexibility index (Phi) is 54.2. The third kappa shape index (κ3) is 50.4. The average Bonchev–Trinajstić information content (AvgIpc) is 3.28. The van der Waals surface area contributed by atoms with Crippen LogP contribution in [0, 0.1) is 0 Å². The second-order valence-electron chi connectivity index (χ2n) is 20.4. The molecule has 372 valence electrons. The maximum absolute atomic E-state index is 12.5. The van der Waals surface area contributed by atoms with Crippen molar-refractivity contribution < 1.29 is 15.0 Å². The smallest absolute Gasteiger partial charge is 0.220 e. The number of amides is 1. The fourth-order valence-electron chi connectivity index (χ4n) is 9.66. The van der Waals surface area contributed by atoms with Crippen LogP contribution in [0.5, 0.6) is 0 Å². The van der Waals surface area contributed by atoms with E-state index in [1.165, 1.54) is 295 Å². The third-order valence-corrected chi connectivity index (χ3v) is 14.1. The third-order valence-electron chi connectivity index (χ3n) is 14.1. The number of carbonyl (C=O) groups excluding carboxylic acids is 1. The Hall–Kier alpha value is -0.610. The molecule has 0 spiro atoms. The molecule has 0 aliphatic rings. The molecule has 4 heteroatoms. The first-order chi connectivity index (χ1) is 30.7. The molecule has 0 aliphatic heterocycles. The van der Waals surface area contributed by atoms with E-state index in [4.69, 9.17) is 0 Å². The fourth-order valence-corrected chi connectivity index (χ4v) is 9.66. The van der Waals surface area contributed by atoms with Crippen molar-refractivity contribution in [1.82, 2.24) is 5.32 Å². The van der Waals surface area contributed by atoms with Crippen molar-refractivity contribution >= 4 is 5.91 Å². The summed E-state index contributed by atoms with van der Waals surface area (Å²) in [4.78, 5) is 12.5. The van der Waals surface area contributed by atoms with Gasteiger partial charge in [0.15, 0.2) is 0 Å². The summed E-state index contributed by atoms with van der Waals surface area (Å²) in [6.07, 6.45) is 69.7. The molecule has 0 saturated carbocycles. The molecule has 0 rings (SSSR count). The minimum atomic E-state index is -0.654. The Balaban J connectivity index is 3.34. The van der Waals surface area contributed by atoms with Gasteiger partial charge < -0.3 is 15.5 Å². The molecule has 0 aromatic rings. The van der Waals surface area contributed by atoms with E-state index in [0.29, 0.717) is 12.8 Å². The molecule has 1 amide bonds. The fraction of sp³-hybridized carbons (Fsp3) is 0.983. The van der Waals surface area contributed by atoms with E-state index in [2.05, 4.69) is 19.2 Å². The van der Waals surface area contributed by atoms with Crippen LogP contribution in [-0.2, 0) is 4.79 Å². The van der Waals surface area contributed by atoms with Crippen molar-refractivity contribution in [2.24, 2.45) is 0 Å². The highest BCUT2D eigenvalue weighted by atomic mass is 16.3. The molecule has 0 aromatic heterocycles. The summed E-state index contributed by atoms with van der Waals surface area (Å²) in [6, 6.07) is -0.531. The van der Waals surface area contributed by atoms with Crippen molar-refractivity contribution in [2.45, 2.75) is 360 Å². The van der Waals surface area contributed by atoms with Crippen LogP contribution < -0.4 is 5.32 Å². The van der Waals surface area contributed by atoms with Crippen molar-refractivity contribution in [2.75, 3.05) is 6.61 Å². The summed E-state index contributed by atoms with van der Waals surface area (Å²) in [6.45, 7) is 4.40. The molecule has 0 bridgehead atoms. The van der Waals surface area contributed by atoms with Gasteiger partial charge in [0.1, 0.15) is 0 Å². The first-order valence-corrected chi connectivity index (χ1v) is 29.2. The Morgan fingerprint density at radius 2 is 0.516 bits per heavy atom. The maximum Gasteiger partial charge on any atom is 0.220 e. The van der Waals surface area contributed by atoms with Crippen molar-refractivity contribution in [3.63, 3.8) is 0 Å². The van der Waals surface area contributed by atoms with Crippen LogP contribution in [0.25, 0.3) is 0 Å². The summed E-state index contributed by atoms with van der Waals surface area (Å²) < 4.78 is 0. The second-order valence-corrected chi connectivity index (χ2v) is 20.4. The van der Waals surface area contributed by atoms with Crippen LogP contribution in [0.15, 0.2) is 0 Å². The number of rotatable bonds is 55. The van der Waals surface area contributed by atoms with Crippen molar-refractivity contribution in [1.29, 1.82) is 0 Å². The van der Waals surface area contributed by atoms with Gasteiger partial charge in [0.25, 0.3) is 0 Å². The molecule has 0 fully saturated rings. The summed E-state index contributed by atoms with van der Waals surface area (Å²) in [5.41, 5.74) is 0. The molecule has 0 saturated heterocycles. The molecule has 0 aliphatic carbocycles. The lowest BCUT2D eigenvalue weighted by Gasteiger charge is -2.22.